The smallest absolute Gasteiger partial charge is 0.337 e. The first kappa shape index (κ1) is 33.9. The molecule has 0 unspecified atom stereocenters. The van der Waals surface area contributed by atoms with Crippen LogP contribution in [0.25, 0.3) is 0 Å². The number of amides is 2. The quantitative estimate of drug-likeness (QED) is 0.0783. The summed E-state index contributed by atoms with van der Waals surface area (Å²) < 4.78 is 28.2. The van der Waals surface area contributed by atoms with Gasteiger partial charge in [0.2, 0.25) is 0 Å². The molecular weight excluding hydrogens is 616 g/mol. The lowest BCUT2D eigenvalue weighted by Gasteiger charge is -2.28. The second-order valence-corrected chi connectivity index (χ2v) is 10.4. The number of hydrogen-bond acceptors (Lipinski definition) is 10. The average Bonchev–Trinajstić information content (AvgIpc) is 3.04. The van der Waals surface area contributed by atoms with Gasteiger partial charge < -0.3 is 39.4 Å². The van der Waals surface area contributed by atoms with Crippen molar-refractivity contribution in [1.29, 1.82) is 0 Å². The van der Waals surface area contributed by atoms with Gasteiger partial charge in [-0.2, -0.15) is 5.10 Å². The zero-order valence-electron chi connectivity index (χ0n) is 26.0. The summed E-state index contributed by atoms with van der Waals surface area (Å²) in [7, 11) is 1.27. The molecule has 4 rings (SSSR count). The van der Waals surface area contributed by atoms with Gasteiger partial charge in [0.15, 0.2) is 29.2 Å². The number of halogens is 1. The fraction of sp³-hybridized carbons (Fsp3) is 0.303. The number of methoxy groups -OCH3 is 1. The number of hydrazone groups is 1. The molecule has 0 fully saturated rings. The molecule has 3 aromatic carbocycles. The Labute approximate surface area is 272 Å². The van der Waals surface area contributed by atoms with Crippen molar-refractivity contribution in [2.75, 3.05) is 26.9 Å². The van der Waals surface area contributed by atoms with E-state index in [2.05, 4.69) is 21.2 Å². The molecule has 4 N–H and O–H groups in total. The second kappa shape index (κ2) is 16.4. The van der Waals surface area contributed by atoms with E-state index in [0.717, 1.165) is 5.56 Å². The van der Waals surface area contributed by atoms with Crippen LogP contribution in [0.4, 0.5) is 4.79 Å². The average molecular weight is 653 g/mol. The van der Waals surface area contributed by atoms with E-state index in [-0.39, 0.29) is 12.2 Å². The van der Waals surface area contributed by atoms with E-state index in [4.69, 9.17) is 35.3 Å². The summed E-state index contributed by atoms with van der Waals surface area (Å²) in [6.45, 7) is 6.18. The maximum Gasteiger partial charge on any atom is 0.337 e. The largest absolute Gasteiger partial charge is 0.490 e. The predicted octanol–water partition coefficient (Wildman–Crippen LogP) is 4.84. The lowest BCUT2D eigenvalue weighted by molar-refractivity contribution is -0.136. The fourth-order valence-corrected chi connectivity index (χ4v) is 4.89. The molecule has 13 heteroatoms. The number of nitrogens with one attached hydrogen (secondary N) is 3. The number of aliphatic hydroxyl groups excluding tert-OH is 1. The monoisotopic (exact) mass is 652 g/mol. The third kappa shape index (κ3) is 8.83. The lowest BCUT2D eigenvalue weighted by Crippen LogP contribution is -2.45. The topological polar surface area (TPSA) is 149 Å². The summed E-state index contributed by atoms with van der Waals surface area (Å²) in [4.78, 5) is 24.6. The molecule has 46 heavy (non-hydrogen) atoms. The summed E-state index contributed by atoms with van der Waals surface area (Å²) in [5.41, 5.74) is 5.46. The normalized spacial score (nSPS) is 15.1. The van der Waals surface area contributed by atoms with Gasteiger partial charge >= 0.3 is 12.0 Å². The Bertz CT molecular complexity index is 1580. The minimum atomic E-state index is -1.18. The molecule has 244 valence electrons. The van der Waals surface area contributed by atoms with Gasteiger partial charge in [-0.05, 0) is 61.7 Å². The van der Waals surface area contributed by atoms with E-state index < -0.39 is 24.3 Å². The van der Waals surface area contributed by atoms with Crippen LogP contribution in [0.2, 0.25) is 5.02 Å². The number of esters is 1. The maximum absolute atomic E-state index is 12.5. The van der Waals surface area contributed by atoms with E-state index >= 15 is 0 Å². The molecular formula is C33H37ClN4O8. The molecule has 0 bridgehead atoms. The van der Waals surface area contributed by atoms with Crippen molar-refractivity contribution in [2.24, 2.45) is 5.10 Å². The Morgan fingerprint density at radius 2 is 1.76 bits per heavy atom. The van der Waals surface area contributed by atoms with Crippen LogP contribution in [-0.2, 0) is 16.1 Å². The van der Waals surface area contributed by atoms with E-state index in [1.165, 1.54) is 13.3 Å². The Kier molecular flexibility index (Phi) is 12.1. The Hall–Kier alpha value is -4.94. The van der Waals surface area contributed by atoms with Gasteiger partial charge in [0.05, 0.1) is 43.2 Å². The number of ether oxygens (including phenoxy) is 5. The third-order valence-corrected chi connectivity index (χ3v) is 6.95. The van der Waals surface area contributed by atoms with Crippen LogP contribution < -0.4 is 35.0 Å². The number of carbonyl (C=O) groups is 2. The van der Waals surface area contributed by atoms with Gasteiger partial charge in [-0.1, -0.05) is 48.0 Å². The number of rotatable bonds is 15. The van der Waals surface area contributed by atoms with Crippen LogP contribution in [0.15, 0.2) is 77.0 Å². The van der Waals surface area contributed by atoms with Crippen LogP contribution in [0, 0.1) is 0 Å². The van der Waals surface area contributed by atoms with Crippen LogP contribution in [0.1, 0.15) is 43.5 Å². The Morgan fingerprint density at radius 1 is 1.02 bits per heavy atom. The van der Waals surface area contributed by atoms with Gasteiger partial charge in [0.1, 0.15) is 13.2 Å². The minimum absolute atomic E-state index is 0.176. The predicted molar refractivity (Wildman–Crippen MR) is 172 cm³/mol. The number of hydrogen-bond donors (Lipinski definition) is 4. The highest BCUT2D eigenvalue weighted by Gasteiger charge is 2.32. The molecule has 0 spiro atoms. The zero-order chi connectivity index (χ0) is 33.1. The van der Waals surface area contributed by atoms with Crippen molar-refractivity contribution in [3.8, 4) is 23.0 Å². The molecule has 2 atom stereocenters. The third-order valence-electron chi connectivity index (χ3n) is 6.67. The first-order chi connectivity index (χ1) is 22.2. The molecule has 12 nitrogen and oxygen atoms in total. The molecule has 0 saturated carbocycles. The molecule has 1 heterocycles. The number of nitrogens with zero attached hydrogens (tertiary/aromatic N) is 1. The second-order valence-electron chi connectivity index (χ2n) is 9.95. The summed E-state index contributed by atoms with van der Waals surface area (Å²) in [5, 5.41) is 20.3. The number of allylic oxidation sites excluding steroid dienone is 1. The molecule has 0 aliphatic carbocycles. The maximum atomic E-state index is 12.5. The van der Waals surface area contributed by atoms with Gasteiger partial charge in [-0.3, -0.25) is 5.43 Å². The molecule has 1 aliphatic rings. The molecule has 1 aliphatic heterocycles. The summed E-state index contributed by atoms with van der Waals surface area (Å²) in [5.74, 6) is 1.02. The van der Waals surface area contributed by atoms with Crippen LogP contribution >= 0.6 is 11.6 Å². The number of urea groups is 1. The van der Waals surface area contributed by atoms with E-state index in [1.54, 1.807) is 37.3 Å². The van der Waals surface area contributed by atoms with E-state index in [9.17, 15) is 14.7 Å². The van der Waals surface area contributed by atoms with Crippen molar-refractivity contribution >= 4 is 29.8 Å². The Balaban J connectivity index is 1.40. The van der Waals surface area contributed by atoms with Gasteiger partial charge in [0.25, 0.3) is 0 Å². The van der Waals surface area contributed by atoms with Crippen LogP contribution in [0.5, 0.6) is 23.0 Å². The van der Waals surface area contributed by atoms with Crippen LogP contribution in [0.3, 0.4) is 0 Å². The molecule has 3 aromatic rings. The van der Waals surface area contributed by atoms with Crippen molar-refractivity contribution in [2.45, 2.75) is 39.6 Å². The summed E-state index contributed by atoms with van der Waals surface area (Å²) >= 11 is 6.52. The van der Waals surface area contributed by atoms with Gasteiger partial charge in [0, 0.05) is 5.70 Å². The summed E-state index contributed by atoms with van der Waals surface area (Å²) in [6, 6.07) is 16.9. The van der Waals surface area contributed by atoms with Crippen molar-refractivity contribution < 1.29 is 38.4 Å². The number of benzene rings is 3. The minimum Gasteiger partial charge on any atom is -0.490 e. The van der Waals surface area contributed by atoms with Crippen molar-refractivity contribution in [3.63, 3.8) is 0 Å². The molecule has 0 saturated heterocycles. The SMILES string of the molecule is CCOc1cc([C@H]2NC(=O)NC(C)=C2C(=O)OC)ccc1OC[C@H](O)N/N=C\c1cc(Cl)c(OCc2ccccc2)c(OCC)c1. The van der Waals surface area contributed by atoms with E-state index in [0.29, 0.717) is 64.7 Å². The fourth-order valence-electron chi connectivity index (χ4n) is 4.62. The first-order valence-corrected chi connectivity index (χ1v) is 15.0. The standard InChI is InChI=1S/C33H37ClN4O8/c1-5-43-26-16-23(30-29(32(40)42-4)20(3)36-33(41)37-30)12-13-25(26)45-19-28(39)38-35-17-22-14-24(34)31(27(15-22)44-6-2)46-18-21-10-8-7-9-11-21/h7-17,28,30,38-39H,5-6,18-19H2,1-4H3,(H2,36,37,41)/b35-17-/t28-,30+/m0/s1. The zero-order valence-corrected chi connectivity index (χ0v) is 26.7. The first-order valence-electron chi connectivity index (χ1n) is 14.6. The lowest BCUT2D eigenvalue weighted by atomic mass is 9.95. The molecule has 0 radical (unpaired) electrons. The Morgan fingerprint density at radius 3 is 2.48 bits per heavy atom. The summed E-state index contributed by atoms with van der Waals surface area (Å²) in [6.07, 6.45) is 0.307. The van der Waals surface area contributed by atoms with Crippen molar-refractivity contribution in [1.82, 2.24) is 16.1 Å². The van der Waals surface area contributed by atoms with Gasteiger partial charge in [-0.25, -0.2) is 9.59 Å². The number of aliphatic hydroxyl groups is 1. The van der Waals surface area contributed by atoms with E-state index in [1.807, 2.05) is 44.2 Å². The highest BCUT2D eigenvalue weighted by Crippen LogP contribution is 2.37. The van der Waals surface area contributed by atoms with Gasteiger partial charge in [-0.15, -0.1) is 0 Å². The molecule has 0 aromatic heterocycles. The van der Waals surface area contributed by atoms with Crippen LogP contribution in [-0.4, -0.2) is 56.5 Å². The number of carbonyl (C=O) groups excluding carboxylic acids is 2. The highest BCUT2D eigenvalue weighted by molar-refractivity contribution is 6.32. The highest BCUT2D eigenvalue weighted by atomic mass is 35.5. The molecule has 2 amide bonds. The van der Waals surface area contributed by atoms with Crippen molar-refractivity contribution in [3.05, 3.63) is 93.6 Å².